The molecule has 3 unspecified atom stereocenters. The fraction of sp³-hybridized carbons (Fsp3) is 0.828. The zero-order valence-electron chi connectivity index (χ0n) is 42.7. The first kappa shape index (κ1) is 61.8. The molecule has 0 spiro atoms. The molecule has 0 saturated heterocycles. The summed E-state index contributed by atoms with van der Waals surface area (Å²) in [6.45, 7) is 6.45. The van der Waals surface area contributed by atoms with Crippen molar-refractivity contribution < 1.29 is 24.5 Å². The molecule has 0 radical (unpaired) electrons. The predicted octanol–water partition coefficient (Wildman–Crippen LogP) is 17.0. The highest BCUT2D eigenvalue weighted by Gasteiger charge is 2.23. The minimum absolute atomic E-state index is 0.00473. The maximum absolute atomic E-state index is 13.2. The number of rotatable bonds is 50. The summed E-state index contributed by atoms with van der Waals surface area (Å²) in [7, 11) is 0. The number of esters is 1. The van der Waals surface area contributed by atoms with Crippen LogP contribution in [0.4, 0.5) is 0 Å². The van der Waals surface area contributed by atoms with E-state index in [9.17, 15) is 19.8 Å². The molecule has 3 N–H and O–H groups in total. The van der Waals surface area contributed by atoms with Gasteiger partial charge in [-0.25, -0.2) is 0 Å². The average Bonchev–Trinajstić information content (AvgIpc) is 3.29. The number of carbonyl (C=O) groups excluding carboxylic acids is 2. The summed E-state index contributed by atoms with van der Waals surface area (Å²) in [5, 5.41) is 23.8. The molecule has 0 aromatic carbocycles. The Hall–Kier alpha value is -2.18. The second-order valence-electron chi connectivity index (χ2n) is 19.0. The summed E-state index contributed by atoms with van der Waals surface area (Å²) >= 11 is 0. The highest BCUT2D eigenvalue weighted by molar-refractivity contribution is 5.77. The molecule has 0 aromatic rings. The van der Waals surface area contributed by atoms with Crippen molar-refractivity contribution in [1.29, 1.82) is 0 Å². The summed E-state index contributed by atoms with van der Waals surface area (Å²) in [4.78, 5) is 26.2. The van der Waals surface area contributed by atoms with Crippen LogP contribution in [0.1, 0.15) is 284 Å². The maximum Gasteiger partial charge on any atom is 0.306 e. The largest absolute Gasteiger partial charge is 0.461 e. The van der Waals surface area contributed by atoms with Crippen LogP contribution in [0.3, 0.4) is 0 Å². The molecule has 1 amide bonds. The number of carbonyl (C=O) groups is 2. The van der Waals surface area contributed by atoms with Crippen molar-refractivity contribution in [2.45, 2.75) is 302 Å². The number of aliphatic hydroxyl groups excluding tert-OH is 2. The second kappa shape index (κ2) is 51.8. The van der Waals surface area contributed by atoms with E-state index in [1.54, 1.807) is 0 Å². The molecular weight excluding hydrogens is 791 g/mol. The molecule has 0 aliphatic rings. The Kier molecular flexibility index (Phi) is 50.0. The van der Waals surface area contributed by atoms with E-state index >= 15 is 0 Å². The Morgan fingerprint density at radius 2 is 0.828 bits per heavy atom. The lowest BCUT2D eigenvalue weighted by molar-refractivity contribution is -0.150. The topological polar surface area (TPSA) is 95.9 Å². The van der Waals surface area contributed by atoms with Crippen LogP contribution in [0, 0.1) is 0 Å². The van der Waals surface area contributed by atoms with Crippen LogP contribution < -0.4 is 5.32 Å². The van der Waals surface area contributed by atoms with Gasteiger partial charge in [0.1, 0.15) is 6.10 Å². The van der Waals surface area contributed by atoms with Crippen molar-refractivity contribution in [3.63, 3.8) is 0 Å². The quantitative estimate of drug-likeness (QED) is 0.0321. The molecule has 6 heteroatoms. The molecule has 0 bridgehead atoms. The van der Waals surface area contributed by atoms with E-state index in [0.717, 1.165) is 57.8 Å². The van der Waals surface area contributed by atoms with Crippen LogP contribution in [0.5, 0.6) is 0 Å². The second-order valence-corrected chi connectivity index (χ2v) is 19.0. The van der Waals surface area contributed by atoms with Gasteiger partial charge in [0.05, 0.1) is 25.2 Å². The van der Waals surface area contributed by atoms with Crippen molar-refractivity contribution in [2.75, 3.05) is 6.61 Å². The third kappa shape index (κ3) is 46.4. The number of allylic oxidation sites excluding steroid dienone is 7. The van der Waals surface area contributed by atoms with E-state index < -0.39 is 18.2 Å². The van der Waals surface area contributed by atoms with Gasteiger partial charge in [-0.05, 0) is 44.9 Å². The molecule has 374 valence electrons. The van der Waals surface area contributed by atoms with E-state index in [4.69, 9.17) is 4.74 Å². The monoisotopic (exact) mass is 898 g/mol. The molecule has 0 aliphatic carbocycles. The summed E-state index contributed by atoms with van der Waals surface area (Å²) in [5.41, 5.74) is 0. The summed E-state index contributed by atoms with van der Waals surface area (Å²) in [6.07, 6.45) is 63.3. The number of hydrogen-bond acceptors (Lipinski definition) is 5. The summed E-state index contributed by atoms with van der Waals surface area (Å²) in [5.74, 6) is -0.564. The summed E-state index contributed by atoms with van der Waals surface area (Å²) in [6, 6.07) is -0.729. The third-order valence-corrected chi connectivity index (χ3v) is 12.7. The lowest BCUT2D eigenvalue weighted by Gasteiger charge is -2.24. The third-order valence-electron chi connectivity index (χ3n) is 12.7. The first-order chi connectivity index (χ1) is 31.5. The minimum atomic E-state index is -0.809. The average molecular weight is 898 g/mol. The fourth-order valence-electron chi connectivity index (χ4n) is 8.41. The molecule has 0 fully saturated rings. The maximum atomic E-state index is 13.2. The van der Waals surface area contributed by atoms with Crippen LogP contribution in [-0.4, -0.2) is 46.9 Å². The molecule has 0 rings (SSSR count). The van der Waals surface area contributed by atoms with Crippen LogP contribution in [-0.2, 0) is 14.3 Å². The van der Waals surface area contributed by atoms with Gasteiger partial charge >= 0.3 is 5.97 Å². The molecular formula is C58H107NO5. The Bertz CT molecular complexity index is 1100. The number of ether oxygens (including phenoxy) is 1. The predicted molar refractivity (Wildman–Crippen MR) is 278 cm³/mol. The minimum Gasteiger partial charge on any atom is -0.461 e. The van der Waals surface area contributed by atoms with Crippen molar-refractivity contribution in [2.24, 2.45) is 0 Å². The van der Waals surface area contributed by atoms with E-state index in [-0.39, 0.29) is 24.9 Å². The van der Waals surface area contributed by atoms with Gasteiger partial charge in [0, 0.05) is 12.8 Å². The number of nitrogens with one attached hydrogen (secondary N) is 1. The first-order valence-electron chi connectivity index (χ1n) is 27.9. The molecule has 0 heterocycles. The molecule has 3 atom stereocenters. The van der Waals surface area contributed by atoms with Crippen LogP contribution in [0.2, 0.25) is 0 Å². The van der Waals surface area contributed by atoms with Gasteiger partial charge < -0.3 is 20.3 Å². The van der Waals surface area contributed by atoms with E-state index in [1.807, 2.05) is 6.08 Å². The van der Waals surface area contributed by atoms with Crippen LogP contribution >= 0.6 is 0 Å². The first-order valence-corrected chi connectivity index (χ1v) is 27.9. The van der Waals surface area contributed by atoms with Crippen LogP contribution in [0.25, 0.3) is 0 Å². The van der Waals surface area contributed by atoms with E-state index in [2.05, 4.69) is 68.6 Å². The number of hydrogen-bond donors (Lipinski definition) is 3. The lowest BCUT2D eigenvalue weighted by Crippen LogP contribution is -2.46. The molecule has 0 saturated carbocycles. The number of amides is 1. The molecule has 64 heavy (non-hydrogen) atoms. The number of unbranched alkanes of at least 4 members (excludes halogenated alkanes) is 31. The molecule has 0 aromatic heterocycles. The Morgan fingerprint density at radius 1 is 0.469 bits per heavy atom. The molecule has 0 aliphatic heterocycles. The Balaban J connectivity index is 4.65. The summed E-state index contributed by atoms with van der Waals surface area (Å²) < 4.78 is 5.89. The molecule has 6 nitrogen and oxygen atoms in total. The smallest absolute Gasteiger partial charge is 0.306 e. The standard InChI is InChI=1S/C58H107NO5/c1-4-7-10-13-16-19-22-25-27-28-30-33-36-39-42-45-48-51-58(63)64-54(49-46-43-40-37-34-32-29-26-23-20-17-14-11-8-5-2)52-57(62)59-55(53-60)56(61)50-47-44-41-38-35-31-24-21-18-15-12-9-6-3/h17,20,26,29,34,37,43,46,54-56,60-61H,4-16,18-19,21-25,27-28,30-33,35-36,38-42,44-45,47-53H2,1-3H3,(H,59,62)/b20-17-,29-26-,37-34-,46-43-. The van der Waals surface area contributed by atoms with Gasteiger partial charge in [-0.1, -0.05) is 268 Å². The van der Waals surface area contributed by atoms with Crippen molar-refractivity contribution in [1.82, 2.24) is 5.32 Å². The van der Waals surface area contributed by atoms with E-state index in [0.29, 0.717) is 19.3 Å². The van der Waals surface area contributed by atoms with E-state index in [1.165, 1.54) is 180 Å². The van der Waals surface area contributed by atoms with Gasteiger partial charge in [0.25, 0.3) is 0 Å². The lowest BCUT2D eigenvalue weighted by atomic mass is 10.0. The zero-order valence-corrected chi connectivity index (χ0v) is 42.7. The van der Waals surface area contributed by atoms with Gasteiger partial charge in [-0.15, -0.1) is 0 Å². The van der Waals surface area contributed by atoms with Crippen molar-refractivity contribution in [3.8, 4) is 0 Å². The van der Waals surface area contributed by atoms with Gasteiger partial charge in [0.15, 0.2) is 0 Å². The highest BCUT2D eigenvalue weighted by Crippen LogP contribution is 2.17. The Labute approximate surface area is 397 Å². The normalized spacial score (nSPS) is 13.5. The van der Waals surface area contributed by atoms with Gasteiger partial charge in [-0.2, -0.15) is 0 Å². The zero-order chi connectivity index (χ0) is 46.7. The Morgan fingerprint density at radius 3 is 1.25 bits per heavy atom. The number of aliphatic hydroxyl groups is 2. The van der Waals surface area contributed by atoms with Crippen molar-refractivity contribution in [3.05, 3.63) is 48.6 Å². The fourth-order valence-corrected chi connectivity index (χ4v) is 8.41. The van der Waals surface area contributed by atoms with Crippen LogP contribution in [0.15, 0.2) is 48.6 Å². The highest BCUT2D eigenvalue weighted by atomic mass is 16.5. The SMILES string of the molecule is CCCCC/C=C\C/C=C\C/C=C\C/C=C\CC(CC(=O)NC(CO)C(O)CCCCCCCCCCCCCCC)OC(=O)CCCCCCCCCCCCCCCCCCC. The van der Waals surface area contributed by atoms with Crippen molar-refractivity contribution >= 4 is 11.9 Å². The van der Waals surface area contributed by atoms with Gasteiger partial charge in [-0.3, -0.25) is 9.59 Å². The van der Waals surface area contributed by atoms with Gasteiger partial charge in [0.2, 0.25) is 5.91 Å².